The molecule has 13 N–H and O–H groups in total. The van der Waals surface area contributed by atoms with Gasteiger partial charge in [0.25, 0.3) is 0 Å². The van der Waals surface area contributed by atoms with E-state index in [-0.39, 0.29) is 5.52 Å². The Kier molecular flexibility index (Phi) is 11.2. The Morgan fingerprint density at radius 2 is 1.43 bits per heavy atom. The maximum Gasteiger partial charge on any atom is 0.490 e. The fourth-order valence-corrected chi connectivity index (χ4v) is 8.08. The second-order valence-corrected chi connectivity index (χ2v) is 15.9. The number of carboxylic acid groups (broad SMARTS) is 1. The van der Waals surface area contributed by atoms with Crippen LogP contribution in [0.2, 0.25) is 0 Å². The van der Waals surface area contributed by atoms with Crippen molar-refractivity contribution in [3.63, 3.8) is 0 Å². The standard InChI is InChI=1S/C13H22N5O23P5/c14-8-5-9(17-11(16-8)13(23,12(21)22)2-37-45(32,33)39-42(24,25)26)18(3-15-5)10-7(20)6(19)4(38-10)1-36-44(30,31)41-46(34,35)40-43(27,28)29/h3-4,6-7,10,19-20,23H,1-2H2,(H,21,22)(H,30,31)(H,32,33)(H,34,35)(H2,14,16,17)(H2,24,25,26)(H2,27,28,29)/t4-,6-,7-,10-,13?/m1/s1. The van der Waals surface area contributed by atoms with Gasteiger partial charge in [0.2, 0.25) is 5.60 Å². The van der Waals surface area contributed by atoms with Gasteiger partial charge in [-0.05, 0) is 0 Å². The molecule has 1 fully saturated rings. The van der Waals surface area contributed by atoms with Gasteiger partial charge >= 0.3 is 45.1 Å². The highest BCUT2D eigenvalue weighted by atomic mass is 31.3. The molecule has 0 radical (unpaired) electrons. The van der Waals surface area contributed by atoms with Crippen LogP contribution in [-0.2, 0) is 59.9 Å². The Labute approximate surface area is 252 Å². The number of aliphatic carboxylic acids is 1. The highest BCUT2D eigenvalue weighted by molar-refractivity contribution is 7.66. The topological polar surface area (TPSA) is 450 Å². The molecule has 0 saturated carbocycles. The molecule has 1 aliphatic rings. The molecule has 4 unspecified atom stereocenters. The van der Waals surface area contributed by atoms with Crippen molar-refractivity contribution < 1.29 is 109 Å². The van der Waals surface area contributed by atoms with Crippen LogP contribution < -0.4 is 5.73 Å². The fourth-order valence-electron chi connectivity index (χ4n) is 3.43. The third-order valence-electron chi connectivity index (χ3n) is 5.25. The van der Waals surface area contributed by atoms with E-state index >= 15 is 0 Å². The van der Waals surface area contributed by atoms with Gasteiger partial charge in [0.1, 0.15) is 30.4 Å². The lowest BCUT2D eigenvalue weighted by Crippen LogP contribution is -2.42. The molecule has 1 aliphatic heterocycles. The van der Waals surface area contributed by atoms with E-state index in [1.54, 1.807) is 0 Å². The van der Waals surface area contributed by atoms with E-state index in [0.29, 0.717) is 0 Å². The van der Waals surface area contributed by atoms with E-state index in [1.165, 1.54) is 0 Å². The van der Waals surface area contributed by atoms with Crippen molar-refractivity contribution in [1.29, 1.82) is 0 Å². The van der Waals surface area contributed by atoms with Crippen LogP contribution in [-0.4, -0.2) is 112 Å². The molecule has 262 valence electrons. The average Bonchev–Trinajstić information content (AvgIpc) is 3.38. The van der Waals surface area contributed by atoms with Gasteiger partial charge in [-0.2, -0.15) is 12.9 Å². The van der Waals surface area contributed by atoms with Crippen LogP contribution in [0.25, 0.3) is 11.2 Å². The first kappa shape index (κ1) is 38.8. The van der Waals surface area contributed by atoms with E-state index < -0.39 is 106 Å². The summed E-state index contributed by atoms with van der Waals surface area (Å²) in [4.78, 5) is 85.8. The van der Waals surface area contributed by atoms with Gasteiger partial charge in [0.05, 0.1) is 12.9 Å². The number of ether oxygens (including phenoxy) is 1. The minimum Gasteiger partial charge on any atom is -0.479 e. The molecule has 28 nitrogen and oxygen atoms in total. The minimum atomic E-state index is -5.89. The maximum atomic E-state index is 12.0. The number of nitrogens with two attached hydrogens (primary N) is 1. The lowest BCUT2D eigenvalue weighted by atomic mass is 10.1. The largest absolute Gasteiger partial charge is 0.490 e. The van der Waals surface area contributed by atoms with E-state index in [4.69, 9.17) is 30.0 Å². The fraction of sp³-hybridized carbons (Fsp3) is 0.538. The van der Waals surface area contributed by atoms with Crippen LogP contribution in [0.3, 0.4) is 0 Å². The summed E-state index contributed by atoms with van der Waals surface area (Å²) < 4.78 is 82.1. The predicted molar refractivity (Wildman–Crippen MR) is 136 cm³/mol. The van der Waals surface area contributed by atoms with E-state index in [1.807, 2.05) is 0 Å². The zero-order valence-electron chi connectivity index (χ0n) is 21.7. The van der Waals surface area contributed by atoms with Crippen molar-refractivity contribution in [2.45, 2.75) is 30.1 Å². The molecule has 0 bridgehead atoms. The molecule has 0 amide bonds. The van der Waals surface area contributed by atoms with Crippen molar-refractivity contribution in [3.8, 4) is 0 Å². The molecule has 1 saturated heterocycles. The lowest BCUT2D eigenvalue weighted by Gasteiger charge is -2.23. The van der Waals surface area contributed by atoms with Gasteiger partial charge in [0.15, 0.2) is 23.5 Å². The number of rotatable bonds is 15. The number of hydrogen-bond donors (Lipinski definition) is 12. The normalized spacial score (nSPS) is 26.2. The minimum absolute atomic E-state index is 0.364. The number of nitrogen functional groups attached to an aromatic ring is 1. The highest BCUT2D eigenvalue weighted by Crippen LogP contribution is 2.66. The second-order valence-electron chi connectivity index (χ2n) is 8.67. The van der Waals surface area contributed by atoms with Gasteiger partial charge < -0.3 is 65.2 Å². The number of aromatic nitrogens is 4. The molecule has 2 aromatic rings. The molecule has 46 heavy (non-hydrogen) atoms. The van der Waals surface area contributed by atoms with Crippen LogP contribution in [0, 0.1) is 0 Å². The number of carbonyl (C=O) groups is 1. The van der Waals surface area contributed by atoms with Crippen molar-refractivity contribution in [2.24, 2.45) is 0 Å². The second kappa shape index (κ2) is 13.3. The van der Waals surface area contributed by atoms with Gasteiger partial charge in [-0.1, -0.05) is 0 Å². The van der Waals surface area contributed by atoms with Crippen LogP contribution in [0.1, 0.15) is 12.1 Å². The Morgan fingerprint density at radius 3 is 1.98 bits per heavy atom. The summed E-state index contributed by atoms with van der Waals surface area (Å²) in [5, 5.41) is 41.2. The van der Waals surface area contributed by atoms with Crippen molar-refractivity contribution in [2.75, 3.05) is 18.9 Å². The summed E-state index contributed by atoms with van der Waals surface area (Å²) in [6, 6.07) is 0. The summed E-state index contributed by atoms with van der Waals surface area (Å²) in [6.07, 6.45) is -6.77. The highest BCUT2D eigenvalue weighted by Gasteiger charge is 2.49. The molecule has 2 aromatic heterocycles. The van der Waals surface area contributed by atoms with Crippen LogP contribution in [0.4, 0.5) is 5.82 Å². The predicted octanol–water partition coefficient (Wildman–Crippen LogP) is -3.13. The summed E-state index contributed by atoms with van der Waals surface area (Å²) in [7, 11) is -28.6. The molecule has 3 heterocycles. The number of anilines is 1. The summed E-state index contributed by atoms with van der Waals surface area (Å²) in [6.45, 7) is -3.00. The molecular weight excluding hydrogens is 749 g/mol. The Balaban J connectivity index is 1.87. The number of hydrogen-bond acceptors (Lipinski definition) is 19. The molecule has 33 heteroatoms. The third kappa shape index (κ3) is 9.70. The number of carboxylic acids is 1. The van der Waals surface area contributed by atoms with Gasteiger partial charge in [0, 0.05) is 0 Å². The van der Waals surface area contributed by atoms with Gasteiger partial charge in [-0.25, -0.2) is 42.6 Å². The molecule has 0 aliphatic carbocycles. The molecular formula is C13H22N5O23P5. The molecule has 3 rings (SSSR count). The Morgan fingerprint density at radius 1 is 0.891 bits per heavy atom. The van der Waals surface area contributed by atoms with Crippen LogP contribution in [0.15, 0.2) is 6.33 Å². The molecule has 8 atom stereocenters. The zero-order valence-corrected chi connectivity index (χ0v) is 26.2. The summed E-state index contributed by atoms with van der Waals surface area (Å²) in [5.41, 5.74) is 1.34. The van der Waals surface area contributed by atoms with E-state index in [9.17, 15) is 62.7 Å². The summed E-state index contributed by atoms with van der Waals surface area (Å²) in [5.74, 6) is -4.12. The Bertz CT molecular complexity index is 1720. The average molecular weight is 771 g/mol. The first-order valence-electron chi connectivity index (χ1n) is 11.2. The Hall–Kier alpha value is -1.67. The SMILES string of the molecule is Nc1nc(C(O)(COP(=O)(O)OP(=O)(O)O)C(=O)O)nc2c1ncn2[C@@H]1O[C@H](COP(=O)(O)OP(=O)(O)OP(=O)(O)O)[C@@H](O)[C@H]1O. The van der Waals surface area contributed by atoms with Gasteiger partial charge in [-0.15, -0.1) is 0 Å². The number of aliphatic hydroxyl groups excluding tert-OH is 2. The first-order chi connectivity index (χ1) is 20.7. The number of phosphoric acid groups is 5. The third-order valence-corrected chi connectivity index (χ3v) is 11.2. The van der Waals surface area contributed by atoms with Crippen molar-refractivity contribution >= 4 is 62.1 Å². The van der Waals surface area contributed by atoms with Crippen molar-refractivity contribution in [1.82, 2.24) is 19.5 Å². The van der Waals surface area contributed by atoms with Crippen LogP contribution >= 0.6 is 39.1 Å². The lowest BCUT2D eigenvalue weighted by molar-refractivity contribution is -0.164. The van der Waals surface area contributed by atoms with E-state index in [2.05, 4.69) is 36.9 Å². The zero-order chi connectivity index (χ0) is 35.3. The molecule has 0 spiro atoms. The van der Waals surface area contributed by atoms with Crippen molar-refractivity contribution in [3.05, 3.63) is 12.2 Å². The monoisotopic (exact) mass is 771 g/mol. The first-order valence-corrected chi connectivity index (χ1v) is 18.7. The molecule has 0 aromatic carbocycles. The smallest absolute Gasteiger partial charge is 0.479 e. The number of fused-ring (bicyclic) bond motifs is 1. The van der Waals surface area contributed by atoms with Gasteiger partial charge in [-0.3, -0.25) is 13.6 Å². The van der Waals surface area contributed by atoms with E-state index in [0.717, 1.165) is 10.9 Å². The maximum absolute atomic E-state index is 12.0. The number of nitrogens with zero attached hydrogens (tertiary/aromatic N) is 4. The number of phosphoric ester groups is 2. The quantitative estimate of drug-likeness (QED) is 0.0796. The summed E-state index contributed by atoms with van der Waals surface area (Å²) >= 11 is 0. The van der Waals surface area contributed by atoms with Crippen LogP contribution in [0.5, 0.6) is 0 Å². The number of aliphatic hydroxyl groups is 3. The number of imidazole rings is 1.